The molecule has 2 saturated heterocycles. The van der Waals surface area contributed by atoms with Crippen LogP contribution in [-0.2, 0) is 28.7 Å². The molecule has 2 rings (SSSR count). The van der Waals surface area contributed by atoms with Crippen molar-refractivity contribution in [3.8, 4) is 0 Å². The third kappa shape index (κ3) is 17.6. The molecule has 2 atom stereocenters. The molecule has 0 aromatic rings. The molecule has 0 saturated carbocycles. The monoisotopic (exact) mass is 751 g/mol. The van der Waals surface area contributed by atoms with E-state index in [2.05, 4.69) is 79.4 Å². The summed E-state index contributed by atoms with van der Waals surface area (Å²) in [5.41, 5.74) is -0.761. The number of carbonyl (C=O) groups is 2. The molecule has 0 aliphatic carbocycles. The van der Waals surface area contributed by atoms with Crippen LogP contribution in [0.2, 0.25) is 0 Å². The third-order valence-electron chi connectivity index (χ3n) is 11.8. The maximum Gasteiger partial charge on any atom is 0.306 e. The highest BCUT2D eigenvalue weighted by Crippen LogP contribution is 2.42. The lowest BCUT2D eigenvalue weighted by atomic mass is 9.78. The molecule has 53 heavy (non-hydrogen) atoms. The summed E-state index contributed by atoms with van der Waals surface area (Å²) < 4.78 is 12.1. The number of esters is 2. The van der Waals surface area contributed by atoms with Gasteiger partial charge in [0.25, 0.3) is 0 Å². The minimum Gasteiger partial charge on any atom is -0.462 e. The summed E-state index contributed by atoms with van der Waals surface area (Å²) in [6.45, 7) is 23.7. The first-order chi connectivity index (χ1) is 25.1. The van der Waals surface area contributed by atoms with Crippen LogP contribution in [0.15, 0.2) is 0 Å². The number of hydrogen-bond acceptors (Lipinski definition) is 8. The van der Waals surface area contributed by atoms with Gasteiger partial charge in [0, 0.05) is 60.7 Å². The molecular formula is C45H86N2O6. The van der Waals surface area contributed by atoms with Gasteiger partial charge in [-0.3, -0.25) is 19.3 Å². The van der Waals surface area contributed by atoms with E-state index in [4.69, 9.17) is 19.1 Å². The average molecular weight is 751 g/mol. The fourth-order valence-electron chi connectivity index (χ4n) is 9.13. The molecule has 8 nitrogen and oxygen atoms in total. The summed E-state index contributed by atoms with van der Waals surface area (Å²) >= 11 is 0. The Balaban J connectivity index is 1.60. The zero-order chi connectivity index (χ0) is 39.4. The summed E-state index contributed by atoms with van der Waals surface area (Å²) in [5, 5.41) is 4.41. The van der Waals surface area contributed by atoms with E-state index < -0.39 is 0 Å². The van der Waals surface area contributed by atoms with Crippen molar-refractivity contribution in [2.75, 3.05) is 13.2 Å². The first kappa shape index (κ1) is 47.9. The van der Waals surface area contributed by atoms with E-state index in [1.54, 1.807) is 0 Å². The quantitative estimate of drug-likeness (QED) is 0.0578. The fourth-order valence-corrected chi connectivity index (χ4v) is 9.13. The zero-order valence-corrected chi connectivity index (χ0v) is 36.6. The van der Waals surface area contributed by atoms with Gasteiger partial charge in [-0.1, -0.05) is 111 Å². The Morgan fingerprint density at radius 1 is 0.472 bits per heavy atom. The van der Waals surface area contributed by atoms with Gasteiger partial charge in [0.15, 0.2) is 0 Å². The first-order valence-corrected chi connectivity index (χ1v) is 22.4. The van der Waals surface area contributed by atoms with Gasteiger partial charge in [0.05, 0.1) is 13.2 Å². The second kappa shape index (κ2) is 24.4. The Hall–Kier alpha value is -1.22. The van der Waals surface area contributed by atoms with E-state index in [-0.39, 0.29) is 46.3 Å². The predicted molar refractivity (Wildman–Crippen MR) is 218 cm³/mol. The van der Waals surface area contributed by atoms with Gasteiger partial charge in [0.2, 0.25) is 0 Å². The summed E-state index contributed by atoms with van der Waals surface area (Å²) in [5.74, 6) is -0.154. The van der Waals surface area contributed by atoms with Crippen LogP contribution in [0, 0.1) is 0 Å². The van der Waals surface area contributed by atoms with Crippen LogP contribution in [0.3, 0.4) is 0 Å². The standard InChI is InChI=1S/C45H86N2O6/c1-11-14-16-18-24-28-32-50-46-42(4,5)34-38(35-43(46,6)7)52-40(48)30-26-22-20-21-23-27-31-41(49)53-39-36-44(8,9)47(45(10,13-3)37-39)51-33-29-25-19-17-15-12-2/h38-39H,11-37H2,1-10H3. The first-order valence-electron chi connectivity index (χ1n) is 22.4. The lowest BCUT2D eigenvalue weighted by Gasteiger charge is -2.54. The van der Waals surface area contributed by atoms with Gasteiger partial charge in [-0.25, -0.2) is 0 Å². The van der Waals surface area contributed by atoms with E-state index in [1.807, 2.05) is 0 Å². The Morgan fingerprint density at radius 2 is 0.811 bits per heavy atom. The fraction of sp³-hybridized carbons (Fsp3) is 0.956. The second-order valence-electron chi connectivity index (χ2n) is 18.7. The predicted octanol–water partition coefficient (Wildman–Crippen LogP) is 12.2. The molecule has 0 amide bonds. The minimum atomic E-state index is -0.201. The third-order valence-corrected chi connectivity index (χ3v) is 11.8. The molecule has 0 radical (unpaired) electrons. The number of hydroxylamine groups is 4. The Morgan fingerprint density at radius 3 is 1.23 bits per heavy atom. The SMILES string of the molecule is CCCCCCCCON1C(C)(C)CC(OC(=O)CCCCCCCCC(=O)OC2CC(C)(C)N(OCCCCCCCC)C(C)(CC)C2)CC1(C)C. The molecule has 0 spiro atoms. The average Bonchev–Trinajstić information content (AvgIpc) is 3.06. The zero-order valence-electron chi connectivity index (χ0n) is 36.6. The van der Waals surface area contributed by atoms with E-state index >= 15 is 0 Å². The molecule has 2 aliphatic heterocycles. The maximum atomic E-state index is 12.9. The smallest absolute Gasteiger partial charge is 0.306 e. The highest BCUT2D eigenvalue weighted by atomic mass is 16.7. The number of carbonyl (C=O) groups excluding carboxylic acids is 2. The van der Waals surface area contributed by atoms with Crippen LogP contribution in [0.4, 0.5) is 0 Å². The van der Waals surface area contributed by atoms with Crippen molar-refractivity contribution in [2.24, 2.45) is 0 Å². The minimum absolute atomic E-state index is 0.0741. The van der Waals surface area contributed by atoms with Gasteiger partial charge in [-0.2, -0.15) is 10.1 Å². The molecule has 0 bridgehead atoms. The van der Waals surface area contributed by atoms with Crippen molar-refractivity contribution in [1.82, 2.24) is 10.1 Å². The number of unbranched alkanes of at least 4 members (excludes halogenated alkanes) is 15. The summed E-state index contributed by atoms with van der Waals surface area (Å²) in [7, 11) is 0. The molecule has 0 aromatic heterocycles. The van der Waals surface area contributed by atoms with Crippen LogP contribution >= 0.6 is 0 Å². The number of ether oxygens (including phenoxy) is 2. The lowest BCUT2D eigenvalue weighted by molar-refractivity contribution is -0.298. The van der Waals surface area contributed by atoms with Gasteiger partial charge >= 0.3 is 11.9 Å². The molecule has 312 valence electrons. The second-order valence-corrected chi connectivity index (χ2v) is 18.7. The molecule has 2 unspecified atom stereocenters. The van der Waals surface area contributed by atoms with Crippen molar-refractivity contribution in [3.05, 3.63) is 0 Å². The molecule has 0 aromatic carbocycles. The number of hydrogen-bond donors (Lipinski definition) is 0. The van der Waals surface area contributed by atoms with Crippen LogP contribution in [0.5, 0.6) is 0 Å². The number of nitrogens with zero attached hydrogens (tertiary/aromatic N) is 2. The molecule has 2 fully saturated rings. The van der Waals surface area contributed by atoms with Gasteiger partial charge in [0.1, 0.15) is 12.2 Å². The van der Waals surface area contributed by atoms with Crippen molar-refractivity contribution < 1.29 is 28.7 Å². The van der Waals surface area contributed by atoms with E-state index in [0.29, 0.717) is 12.8 Å². The highest BCUT2D eigenvalue weighted by molar-refractivity contribution is 5.69. The van der Waals surface area contributed by atoms with Crippen LogP contribution in [0.1, 0.15) is 230 Å². The normalized spacial score (nSPS) is 23.2. The van der Waals surface area contributed by atoms with Crippen molar-refractivity contribution >= 4 is 11.9 Å². The summed E-state index contributed by atoms with van der Waals surface area (Å²) in [4.78, 5) is 38.4. The molecule has 8 heteroatoms. The lowest BCUT2D eigenvalue weighted by Crippen LogP contribution is -2.63. The van der Waals surface area contributed by atoms with Crippen LogP contribution < -0.4 is 0 Å². The van der Waals surface area contributed by atoms with Crippen LogP contribution in [0.25, 0.3) is 0 Å². The Bertz CT molecular complexity index is 997. The molecule has 2 heterocycles. The summed E-state index contributed by atoms with van der Waals surface area (Å²) in [6.07, 6.45) is 25.7. The molecular weight excluding hydrogens is 665 g/mol. The van der Waals surface area contributed by atoms with E-state index in [1.165, 1.54) is 64.2 Å². The number of piperidine rings is 2. The highest BCUT2D eigenvalue weighted by Gasteiger charge is 2.50. The van der Waals surface area contributed by atoms with Gasteiger partial charge in [-0.05, 0) is 80.6 Å². The van der Waals surface area contributed by atoms with Gasteiger partial charge < -0.3 is 9.47 Å². The Labute approximate surface area is 327 Å². The van der Waals surface area contributed by atoms with Crippen molar-refractivity contribution in [1.29, 1.82) is 0 Å². The van der Waals surface area contributed by atoms with Gasteiger partial charge in [-0.15, -0.1) is 0 Å². The van der Waals surface area contributed by atoms with E-state index in [0.717, 1.165) is 96.7 Å². The largest absolute Gasteiger partial charge is 0.462 e. The topological polar surface area (TPSA) is 77.5 Å². The number of rotatable bonds is 28. The van der Waals surface area contributed by atoms with Crippen molar-refractivity contribution in [2.45, 2.75) is 264 Å². The molecule has 2 aliphatic rings. The van der Waals surface area contributed by atoms with Crippen molar-refractivity contribution in [3.63, 3.8) is 0 Å². The summed E-state index contributed by atoms with van der Waals surface area (Å²) in [6, 6.07) is 0. The Kier molecular flexibility index (Phi) is 22.1. The molecule has 0 N–H and O–H groups in total. The van der Waals surface area contributed by atoms with E-state index in [9.17, 15) is 9.59 Å². The van der Waals surface area contributed by atoms with Crippen LogP contribution in [-0.4, -0.2) is 69.6 Å². The maximum absolute atomic E-state index is 12.9.